The summed E-state index contributed by atoms with van der Waals surface area (Å²) in [5.41, 5.74) is 10.1. The van der Waals surface area contributed by atoms with Crippen molar-refractivity contribution < 1.29 is 14.4 Å². The van der Waals surface area contributed by atoms with Crippen molar-refractivity contribution in [2.24, 2.45) is 11.7 Å². The maximum Gasteiger partial charge on any atom is 0.245 e. The zero-order valence-corrected chi connectivity index (χ0v) is 30.3. The Morgan fingerprint density at radius 2 is 1.51 bits per heavy atom. The quantitative estimate of drug-likeness (QED) is 0.148. The average molecular weight is 710 g/mol. The van der Waals surface area contributed by atoms with Crippen LogP contribution >= 0.6 is 11.8 Å². The van der Waals surface area contributed by atoms with Crippen LogP contribution in [0.15, 0.2) is 88.8 Å². The third-order valence-corrected chi connectivity index (χ3v) is 11.5. The Morgan fingerprint density at radius 1 is 0.824 bits per heavy atom. The first kappa shape index (κ1) is 36.6. The number of piperidine rings is 1. The summed E-state index contributed by atoms with van der Waals surface area (Å²) >= 11 is 1.66. The van der Waals surface area contributed by atoms with E-state index in [2.05, 4.69) is 50.5 Å². The summed E-state index contributed by atoms with van der Waals surface area (Å²) in [7, 11) is 1.70. The number of aryl methyl sites for hydroxylation is 1. The van der Waals surface area contributed by atoms with Crippen LogP contribution in [0.25, 0.3) is 10.9 Å². The SMILES string of the molecule is CN1C(=O)[C@H](CCCCN)NC(=O)[C@H](C2CCNCC2)NCc2ccccc2Sc2ccccc2CNC(=O)[C@@H]1CCc1c[nH]c2ccccc12. The van der Waals surface area contributed by atoms with Crippen molar-refractivity contribution in [2.45, 2.75) is 86.0 Å². The molecule has 10 nitrogen and oxygen atoms in total. The van der Waals surface area contributed by atoms with Gasteiger partial charge in [-0.05, 0) is 105 Å². The number of nitrogens with zero attached hydrogens (tertiary/aromatic N) is 1. The second-order valence-corrected chi connectivity index (χ2v) is 14.8. The van der Waals surface area contributed by atoms with Crippen molar-refractivity contribution in [3.05, 3.63) is 95.7 Å². The molecular formula is C40H51N7O3S. The van der Waals surface area contributed by atoms with Crippen molar-refractivity contribution in [1.29, 1.82) is 0 Å². The molecule has 0 saturated carbocycles. The van der Waals surface area contributed by atoms with Crippen molar-refractivity contribution >= 4 is 40.4 Å². The highest BCUT2D eigenvalue weighted by atomic mass is 32.2. The Bertz CT molecular complexity index is 1790. The van der Waals surface area contributed by atoms with E-state index in [1.54, 1.807) is 23.7 Å². The Kier molecular flexibility index (Phi) is 12.8. The number of nitrogens with two attached hydrogens (primary N) is 1. The molecule has 6 rings (SSSR count). The van der Waals surface area contributed by atoms with Gasteiger partial charge in [-0.2, -0.15) is 0 Å². The lowest BCUT2D eigenvalue weighted by atomic mass is 9.89. The van der Waals surface area contributed by atoms with Gasteiger partial charge in [0.05, 0.1) is 6.04 Å². The van der Waals surface area contributed by atoms with Crippen LogP contribution < -0.4 is 27.0 Å². The fourth-order valence-corrected chi connectivity index (χ4v) is 8.40. The van der Waals surface area contributed by atoms with Gasteiger partial charge in [-0.25, -0.2) is 0 Å². The number of carbonyl (C=O) groups excluding carboxylic acids is 3. The number of fused-ring (bicyclic) bond motifs is 3. The molecule has 0 radical (unpaired) electrons. The van der Waals surface area contributed by atoms with E-state index in [9.17, 15) is 14.4 Å². The standard InChI is InChI=1S/C40H51N7O3S/c1-47-34(18-17-28-24-43-32-13-5-4-12-31(28)32)38(48)45-26-30-11-3-7-16-36(30)51-35-15-6-2-10-29(35)25-44-37(27-19-22-42-23-20-27)39(49)46-33(40(47)50)14-8-9-21-41/h2-7,10-13,15-16,24,27,33-34,37,42-44H,8-9,14,17-23,25-26,41H2,1H3,(H,45,48)(H,46,49)/t33-,34-,37-/m0/s1. The number of aromatic amines is 1. The molecule has 2 aliphatic rings. The van der Waals surface area contributed by atoms with E-state index in [0.717, 1.165) is 69.7 Å². The summed E-state index contributed by atoms with van der Waals surface area (Å²) in [6.07, 6.45) is 6.56. The highest BCUT2D eigenvalue weighted by Crippen LogP contribution is 2.33. The van der Waals surface area contributed by atoms with Crippen LogP contribution in [0.2, 0.25) is 0 Å². The third kappa shape index (κ3) is 9.20. The number of aromatic nitrogens is 1. The van der Waals surface area contributed by atoms with Gasteiger partial charge < -0.3 is 36.9 Å². The second-order valence-electron chi connectivity index (χ2n) is 13.7. The van der Waals surface area contributed by atoms with Crippen molar-refractivity contribution in [3.63, 3.8) is 0 Å². The fourth-order valence-electron chi connectivity index (χ4n) is 7.33. The maximum absolute atomic E-state index is 14.5. The number of likely N-dealkylation sites (N-methyl/N-ethyl adjacent to an activating group) is 1. The molecule has 0 aliphatic carbocycles. The number of unbranched alkanes of at least 4 members (excludes halogenated alkanes) is 1. The minimum atomic E-state index is -0.789. The molecule has 1 fully saturated rings. The lowest BCUT2D eigenvalue weighted by molar-refractivity contribution is -0.142. The van der Waals surface area contributed by atoms with Crippen molar-refractivity contribution in [3.8, 4) is 0 Å². The van der Waals surface area contributed by atoms with Gasteiger partial charge in [0.15, 0.2) is 0 Å². The van der Waals surface area contributed by atoms with Crippen LogP contribution in [0.4, 0.5) is 0 Å². The van der Waals surface area contributed by atoms with E-state index in [0.29, 0.717) is 45.3 Å². The van der Waals surface area contributed by atoms with Gasteiger partial charge in [-0.3, -0.25) is 14.4 Å². The molecule has 1 aromatic heterocycles. The largest absolute Gasteiger partial charge is 0.361 e. The lowest BCUT2D eigenvalue weighted by Crippen LogP contribution is -2.58. The Hall–Kier alpha value is -4.16. The summed E-state index contributed by atoms with van der Waals surface area (Å²) in [5, 5.41) is 14.5. The minimum Gasteiger partial charge on any atom is -0.361 e. The Morgan fingerprint density at radius 3 is 2.25 bits per heavy atom. The number of nitrogens with one attached hydrogen (secondary N) is 5. The number of amides is 3. The van der Waals surface area contributed by atoms with Gasteiger partial charge in [0, 0.05) is 47.0 Å². The number of hydrogen-bond donors (Lipinski definition) is 6. The minimum absolute atomic E-state index is 0.112. The molecule has 3 aromatic carbocycles. The Labute approximate surface area is 305 Å². The van der Waals surface area contributed by atoms with Crippen LogP contribution in [0.3, 0.4) is 0 Å². The van der Waals surface area contributed by atoms with Gasteiger partial charge in [0.1, 0.15) is 12.1 Å². The molecule has 3 heterocycles. The normalized spacial score (nSPS) is 21.4. The lowest BCUT2D eigenvalue weighted by Gasteiger charge is -2.34. The van der Waals surface area contributed by atoms with Crippen LogP contribution in [-0.2, 0) is 33.9 Å². The van der Waals surface area contributed by atoms with Crippen molar-refractivity contribution in [1.82, 2.24) is 31.2 Å². The predicted octanol–water partition coefficient (Wildman–Crippen LogP) is 4.48. The Balaban J connectivity index is 1.35. The van der Waals surface area contributed by atoms with Crippen LogP contribution in [0.5, 0.6) is 0 Å². The first-order chi connectivity index (χ1) is 24.9. The molecule has 7 N–H and O–H groups in total. The zero-order chi connectivity index (χ0) is 35.6. The van der Waals surface area contributed by atoms with E-state index < -0.39 is 18.1 Å². The number of rotatable bonds is 8. The molecule has 51 heavy (non-hydrogen) atoms. The smallest absolute Gasteiger partial charge is 0.245 e. The molecule has 270 valence electrons. The molecule has 3 amide bonds. The van der Waals surface area contributed by atoms with E-state index in [1.807, 2.05) is 54.7 Å². The summed E-state index contributed by atoms with van der Waals surface area (Å²) in [6.45, 7) is 3.01. The van der Waals surface area contributed by atoms with Crippen LogP contribution in [-0.4, -0.2) is 72.4 Å². The molecular weight excluding hydrogens is 659 g/mol. The summed E-state index contributed by atoms with van der Waals surface area (Å²) in [6, 6.07) is 22.4. The monoisotopic (exact) mass is 709 g/mol. The van der Waals surface area contributed by atoms with Crippen molar-refractivity contribution in [2.75, 3.05) is 26.7 Å². The van der Waals surface area contributed by atoms with E-state index in [-0.39, 0.29) is 23.6 Å². The average Bonchev–Trinajstić information content (AvgIpc) is 3.57. The first-order valence-electron chi connectivity index (χ1n) is 18.3. The highest BCUT2D eigenvalue weighted by Gasteiger charge is 2.35. The van der Waals surface area contributed by atoms with E-state index in [4.69, 9.17) is 5.73 Å². The van der Waals surface area contributed by atoms with Crippen LogP contribution in [0, 0.1) is 5.92 Å². The van der Waals surface area contributed by atoms with Gasteiger partial charge in [-0.1, -0.05) is 66.4 Å². The number of carbonyl (C=O) groups is 3. The zero-order valence-electron chi connectivity index (χ0n) is 29.5. The molecule has 0 spiro atoms. The number of benzene rings is 3. The molecule has 0 unspecified atom stereocenters. The van der Waals surface area contributed by atoms with E-state index >= 15 is 0 Å². The molecule has 11 heteroatoms. The molecule has 0 bridgehead atoms. The van der Waals surface area contributed by atoms with Gasteiger partial charge in [0.2, 0.25) is 17.7 Å². The van der Waals surface area contributed by atoms with Gasteiger partial charge >= 0.3 is 0 Å². The summed E-state index contributed by atoms with van der Waals surface area (Å²) in [5.74, 6) is -0.562. The van der Waals surface area contributed by atoms with Gasteiger partial charge in [0.25, 0.3) is 0 Å². The third-order valence-electron chi connectivity index (χ3n) is 10.3. The molecule has 2 aliphatic heterocycles. The highest BCUT2D eigenvalue weighted by molar-refractivity contribution is 7.99. The summed E-state index contributed by atoms with van der Waals surface area (Å²) < 4.78 is 0. The molecule has 1 saturated heterocycles. The second kappa shape index (κ2) is 17.9. The predicted molar refractivity (Wildman–Crippen MR) is 203 cm³/mol. The molecule has 4 aromatic rings. The number of hydrogen-bond acceptors (Lipinski definition) is 7. The number of para-hydroxylation sites is 1. The summed E-state index contributed by atoms with van der Waals surface area (Å²) in [4.78, 5) is 50.0. The number of H-pyrrole nitrogens is 1. The molecule has 3 atom stereocenters. The fraction of sp³-hybridized carbons (Fsp3) is 0.425. The topological polar surface area (TPSA) is 144 Å². The van der Waals surface area contributed by atoms with Gasteiger partial charge in [-0.15, -0.1) is 0 Å². The first-order valence-corrected chi connectivity index (χ1v) is 19.1. The maximum atomic E-state index is 14.5. The van der Waals surface area contributed by atoms with Crippen LogP contribution in [0.1, 0.15) is 55.2 Å². The van der Waals surface area contributed by atoms with E-state index in [1.165, 1.54) is 0 Å².